The molecular weight excluding hydrogens is 200 g/mol. The lowest BCUT2D eigenvalue weighted by molar-refractivity contribution is -0.133. The van der Waals surface area contributed by atoms with E-state index in [1.165, 1.54) is 19.3 Å². The molecule has 3 nitrogen and oxygen atoms in total. The summed E-state index contributed by atoms with van der Waals surface area (Å²) in [5.41, 5.74) is 0. The van der Waals surface area contributed by atoms with E-state index in [-0.39, 0.29) is 6.04 Å². The van der Waals surface area contributed by atoms with Crippen LogP contribution in [0.1, 0.15) is 39.5 Å². The van der Waals surface area contributed by atoms with E-state index in [0.717, 1.165) is 18.9 Å². The Labute approximate surface area is 98.6 Å². The van der Waals surface area contributed by atoms with Crippen molar-refractivity contribution in [2.75, 3.05) is 13.6 Å². The van der Waals surface area contributed by atoms with Gasteiger partial charge >= 0.3 is 0 Å². The minimum atomic E-state index is 0.0755. The molecule has 1 aliphatic heterocycles. The summed E-state index contributed by atoms with van der Waals surface area (Å²) in [7, 11) is 1.89. The van der Waals surface area contributed by atoms with Crippen LogP contribution in [0, 0.1) is 11.8 Å². The normalized spacial score (nSPS) is 40.4. The maximum atomic E-state index is 12.1. The molecular formula is C13H24N2O. The number of carbonyl (C=O) groups is 1. The van der Waals surface area contributed by atoms with Gasteiger partial charge in [0.25, 0.3) is 0 Å². The fourth-order valence-electron chi connectivity index (χ4n) is 3.41. The van der Waals surface area contributed by atoms with Gasteiger partial charge in [0.05, 0.1) is 6.04 Å². The van der Waals surface area contributed by atoms with Crippen molar-refractivity contribution in [1.29, 1.82) is 0 Å². The van der Waals surface area contributed by atoms with Crippen LogP contribution in [0.3, 0.4) is 0 Å². The van der Waals surface area contributed by atoms with Crippen LogP contribution >= 0.6 is 0 Å². The van der Waals surface area contributed by atoms with Crippen LogP contribution in [-0.2, 0) is 4.79 Å². The largest absolute Gasteiger partial charge is 0.338 e. The number of likely N-dealkylation sites (tertiary alicyclic amines) is 1. The Bertz CT molecular complexity index is 267. The third-order valence-corrected chi connectivity index (χ3v) is 4.37. The van der Waals surface area contributed by atoms with Crippen molar-refractivity contribution in [3.8, 4) is 0 Å². The fraction of sp³-hybridized carbons (Fsp3) is 0.923. The molecule has 92 valence electrons. The van der Waals surface area contributed by atoms with Crippen LogP contribution in [0.25, 0.3) is 0 Å². The van der Waals surface area contributed by atoms with Crippen LogP contribution in [0.5, 0.6) is 0 Å². The molecule has 2 aliphatic rings. The van der Waals surface area contributed by atoms with Gasteiger partial charge in [-0.1, -0.05) is 13.8 Å². The first-order valence-corrected chi connectivity index (χ1v) is 6.61. The zero-order valence-electron chi connectivity index (χ0n) is 10.7. The van der Waals surface area contributed by atoms with Crippen LogP contribution in [-0.4, -0.2) is 36.5 Å². The first-order chi connectivity index (χ1) is 7.63. The lowest BCUT2D eigenvalue weighted by Crippen LogP contribution is -2.46. The molecule has 0 radical (unpaired) electrons. The van der Waals surface area contributed by atoms with E-state index in [1.54, 1.807) is 0 Å². The molecule has 0 aromatic carbocycles. The summed E-state index contributed by atoms with van der Waals surface area (Å²) in [5, 5.41) is 3.12. The van der Waals surface area contributed by atoms with Crippen molar-refractivity contribution in [2.24, 2.45) is 11.8 Å². The molecule has 1 N–H and O–H groups in total. The lowest BCUT2D eigenvalue weighted by atomic mass is 9.79. The number of hydrogen-bond donors (Lipinski definition) is 1. The molecule has 4 atom stereocenters. The lowest BCUT2D eigenvalue weighted by Gasteiger charge is -2.38. The van der Waals surface area contributed by atoms with Gasteiger partial charge in [0.1, 0.15) is 0 Å². The van der Waals surface area contributed by atoms with Crippen molar-refractivity contribution in [2.45, 2.75) is 51.6 Å². The van der Waals surface area contributed by atoms with Crippen molar-refractivity contribution >= 4 is 5.91 Å². The maximum Gasteiger partial charge on any atom is 0.240 e. The molecule has 4 unspecified atom stereocenters. The molecule has 2 fully saturated rings. The fourth-order valence-corrected chi connectivity index (χ4v) is 3.41. The first-order valence-electron chi connectivity index (χ1n) is 6.61. The Morgan fingerprint density at radius 3 is 2.56 bits per heavy atom. The van der Waals surface area contributed by atoms with Crippen molar-refractivity contribution in [3.63, 3.8) is 0 Å². The van der Waals surface area contributed by atoms with E-state index in [1.807, 2.05) is 7.05 Å². The van der Waals surface area contributed by atoms with E-state index in [4.69, 9.17) is 0 Å². The molecule has 3 heteroatoms. The van der Waals surface area contributed by atoms with Crippen molar-refractivity contribution < 1.29 is 4.79 Å². The van der Waals surface area contributed by atoms with Gasteiger partial charge in [-0.3, -0.25) is 4.79 Å². The van der Waals surface area contributed by atoms with E-state index >= 15 is 0 Å². The van der Waals surface area contributed by atoms with Gasteiger partial charge in [0.15, 0.2) is 0 Å². The highest BCUT2D eigenvalue weighted by molar-refractivity contribution is 5.84. The number of nitrogens with zero attached hydrogens (tertiary/aromatic N) is 1. The Morgan fingerprint density at radius 2 is 2.00 bits per heavy atom. The highest BCUT2D eigenvalue weighted by Gasteiger charge is 2.38. The Kier molecular flexibility index (Phi) is 3.53. The van der Waals surface area contributed by atoms with Crippen molar-refractivity contribution in [1.82, 2.24) is 10.2 Å². The molecule has 0 bridgehead atoms. The molecule has 0 aromatic rings. The van der Waals surface area contributed by atoms with E-state index in [0.29, 0.717) is 17.9 Å². The average Bonchev–Trinajstić information content (AvgIpc) is 2.60. The Balaban J connectivity index is 2.00. The van der Waals surface area contributed by atoms with Gasteiger partial charge in [-0.05, 0) is 44.6 Å². The third-order valence-electron chi connectivity index (χ3n) is 4.37. The minimum absolute atomic E-state index is 0.0755. The zero-order valence-corrected chi connectivity index (χ0v) is 10.7. The van der Waals surface area contributed by atoms with Crippen LogP contribution < -0.4 is 5.32 Å². The Morgan fingerprint density at radius 1 is 1.25 bits per heavy atom. The predicted octanol–water partition coefficient (Wildman–Crippen LogP) is 1.63. The minimum Gasteiger partial charge on any atom is -0.338 e. The molecule has 1 aliphatic carbocycles. The molecule has 1 saturated carbocycles. The Hall–Kier alpha value is -0.570. The second-order valence-electron chi connectivity index (χ2n) is 5.62. The topological polar surface area (TPSA) is 32.3 Å². The standard InChI is InChI=1S/C13H24N2O/c1-9-4-5-12(10(2)8-9)15-7-6-11(14-3)13(15)16/h9-12,14H,4-8H2,1-3H3. The summed E-state index contributed by atoms with van der Waals surface area (Å²) in [6.07, 6.45) is 4.74. The van der Waals surface area contributed by atoms with Gasteiger partial charge in [-0.25, -0.2) is 0 Å². The molecule has 0 aromatic heterocycles. The van der Waals surface area contributed by atoms with Crippen LogP contribution in [0.15, 0.2) is 0 Å². The van der Waals surface area contributed by atoms with Gasteiger partial charge in [-0.2, -0.15) is 0 Å². The zero-order chi connectivity index (χ0) is 11.7. The number of rotatable bonds is 2. The molecule has 1 saturated heterocycles. The smallest absolute Gasteiger partial charge is 0.240 e. The van der Waals surface area contributed by atoms with Gasteiger partial charge in [-0.15, -0.1) is 0 Å². The SMILES string of the molecule is CNC1CCN(C2CCC(C)CC2C)C1=O. The second kappa shape index (κ2) is 4.74. The predicted molar refractivity (Wildman–Crippen MR) is 65.1 cm³/mol. The van der Waals surface area contributed by atoms with E-state index in [2.05, 4.69) is 24.1 Å². The van der Waals surface area contributed by atoms with Crippen LogP contribution in [0.4, 0.5) is 0 Å². The third kappa shape index (κ3) is 2.10. The number of carbonyl (C=O) groups excluding carboxylic acids is 1. The molecule has 1 heterocycles. The number of hydrogen-bond acceptors (Lipinski definition) is 2. The van der Waals surface area contributed by atoms with Crippen molar-refractivity contribution in [3.05, 3.63) is 0 Å². The first kappa shape index (κ1) is 11.9. The highest BCUT2D eigenvalue weighted by Crippen LogP contribution is 2.33. The highest BCUT2D eigenvalue weighted by atomic mass is 16.2. The summed E-state index contributed by atoms with van der Waals surface area (Å²) in [6.45, 7) is 5.59. The summed E-state index contributed by atoms with van der Waals surface area (Å²) < 4.78 is 0. The van der Waals surface area contributed by atoms with Gasteiger partial charge in [0, 0.05) is 12.6 Å². The summed E-state index contributed by atoms with van der Waals surface area (Å²) in [4.78, 5) is 14.3. The number of likely N-dealkylation sites (N-methyl/N-ethyl adjacent to an activating group) is 1. The van der Waals surface area contributed by atoms with Crippen LogP contribution in [0.2, 0.25) is 0 Å². The average molecular weight is 224 g/mol. The van der Waals surface area contributed by atoms with Gasteiger partial charge < -0.3 is 10.2 Å². The molecule has 16 heavy (non-hydrogen) atoms. The molecule has 2 rings (SSSR count). The summed E-state index contributed by atoms with van der Waals surface area (Å²) in [6, 6.07) is 0.577. The molecule has 0 spiro atoms. The van der Waals surface area contributed by atoms with E-state index < -0.39 is 0 Å². The monoisotopic (exact) mass is 224 g/mol. The number of nitrogens with one attached hydrogen (secondary N) is 1. The quantitative estimate of drug-likeness (QED) is 0.773. The summed E-state index contributed by atoms with van der Waals surface area (Å²) >= 11 is 0. The molecule has 1 amide bonds. The summed E-state index contributed by atoms with van der Waals surface area (Å²) in [5.74, 6) is 1.83. The van der Waals surface area contributed by atoms with E-state index in [9.17, 15) is 4.79 Å². The number of amides is 1. The van der Waals surface area contributed by atoms with Gasteiger partial charge in [0.2, 0.25) is 5.91 Å². The second-order valence-corrected chi connectivity index (χ2v) is 5.62. The maximum absolute atomic E-state index is 12.1.